The highest BCUT2D eigenvalue weighted by atomic mass is 32.1. The van der Waals surface area contributed by atoms with Crippen molar-refractivity contribution in [3.05, 3.63) is 35.2 Å². The van der Waals surface area contributed by atoms with E-state index < -0.39 is 5.67 Å². The molecule has 0 amide bonds. The first kappa shape index (κ1) is 11.6. The fraction of sp³-hybridized carbons (Fsp3) is 0.385. The van der Waals surface area contributed by atoms with Gasteiger partial charge in [0.2, 0.25) is 0 Å². The first-order valence-corrected chi connectivity index (χ1v) is 6.40. The molecule has 1 heterocycles. The standard InChI is InChI=1S/C13H16FNS/c1-2-13(14,9-15)7-10-8-16-12-6-4-3-5-11(10)12/h3-6,8H,2,7,9,15H2,1H3. The van der Waals surface area contributed by atoms with Crippen molar-refractivity contribution in [1.29, 1.82) is 0 Å². The minimum Gasteiger partial charge on any atom is -0.328 e. The summed E-state index contributed by atoms with van der Waals surface area (Å²) in [5.74, 6) is 0. The van der Waals surface area contributed by atoms with E-state index in [-0.39, 0.29) is 6.54 Å². The maximum atomic E-state index is 14.2. The highest BCUT2D eigenvalue weighted by molar-refractivity contribution is 7.17. The zero-order chi connectivity index (χ0) is 11.6. The van der Waals surface area contributed by atoms with E-state index in [1.165, 1.54) is 4.70 Å². The minimum absolute atomic E-state index is 0.0909. The van der Waals surface area contributed by atoms with Crippen LogP contribution >= 0.6 is 11.3 Å². The van der Waals surface area contributed by atoms with E-state index in [0.29, 0.717) is 12.8 Å². The second-order valence-electron chi connectivity index (χ2n) is 4.14. The molecular weight excluding hydrogens is 221 g/mol. The highest BCUT2D eigenvalue weighted by Crippen LogP contribution is 2.30. The van der Waals surface area contributed by atoms with Gasteiger partial charge >= 0.3 is 0 Å². The fourth-order valence-corrected chi connectivity index (χ4v) is 2.82. The lowest BCUT2D eigenvalue weighted by Crippen LogP contribution is -2.34. The third-order valence-electron chi connectivity index (χ3n) is 3.07. The highest BCUT2D eigenvalue weighted by Gasteiger charge is 2.26. The molecule has 0 radical (unpaired) electrons. The summed E-state index contributed by atoms with van der Waals surface area (Å²) >= 11 is 1.67. The predicted octanol–water partition coefficient (Wildman–Crippen LogP) is 3.52. The van der Waals surface area contributed by atoms with Crippen molar-refractivity contribution in [2.24, 2.45) is 5.73 Å². The molecule has 2 rings (SSSR count). The average Bonchev–Trinajstić information content (AvgIpc) is 2.73. The summed E-state index contributed by atoms with van der Waals surface area (Å²) in [6, 6.07) is 8.12. The van der Waals surface area contributed by atoms with Gasteiger partial charge in [-0.15, -0.1) is 11.3 Å². The van der Waals surface area contributed by atoms with Crippen LogP contribution in [0.2, 0.25) is 0 Å². The third kappa shape index (κ3) is 2.11. The molecule has 0 bridgehead atoms. The molecule has 0 saturated carbocycles. The Balaban J connectivity index is 2.34. The van der Waals surface area contributed by atoms with E-state index in [2.05, 4.69) is 6.07 Å². The zero-order valence-electron chi connectivity index (χ0n) is 9.37. The lowest BCUT2D eigenvalue weighted by atomic mass is 9.94. The van der Waals surface area contributed by atoms with Crippen molar-refractivity contribution < 1.29 is 4.39 Å². The maximum absolute atomic E-state index is 14.2. The van der Waals surface area contributed by atoms with Crippen LogP contribution in [-0.2, 0) is 6.42 Å². The molecule has 2 aromatic rings. The van der Waals surface area contributed by atoms with Crippen LogP contribution in [0.3, 0.4) is 0 Å². The van der Waals surface area contributed by atoms with E-state index in [4.69, 9.17) is 5.73 Å². The van der Waals surface area contributed by atoms with Gasteiger partial charge in [0.05, 0.1) is 0 Å². The second-order valence-corrected chi connectivity index (χ2v) is 5.05. The summed E-state index contributed by atoms with van der Waals surface area (Å²) in [7, 11) is 0. The lowest BCUT2D eigenvalue weighted by Gasteiger charge is -2.21. The molecule has 0 aliphatic carbocycles. The molecule has 0 fully saturated rings. The van der Waals surface area contributed by atoms with Crippen molar-refractivity contribution in [2.75, 3.05) is 6.54 Å². The monoisotopic (exact) mass is 237 g/mol. The van der Waals surface area contributed by atoms with Crippen LogP contribution in [0.25, 0.3) is 10.1 Å². The van der Waals surface area contributed by atoms with Gasteiger partial charge in [-0.05, 0) is 28.8 Å². The Labute approximate surface area is 99.1 Å². The van der Waals surface area contributed by atoms with Gasteiger partial charge in [0, 0.05) is 17.7 Å². The summed E-state index contributed by atoms with van der Waals surface area (Å²) in [6.07, 6.45) is 0.887. The summed E-state index contributed by atoms with van der Waals surface area (Å²) in [6.45, 7) is 1.94. The van der Waals surface area contributed by atoms with Crippen molar-refractivity contribution in [3.8, 4) is 0 Å². The molecule has 2 N–H and O–H groups in total. The van der Waals surface area contributed by atoms with Crippen LogP contribution < -0.4 is 5.73 Å². The molecule has 1 aromatic heterocycles. The Morgan fingerprint density at radius 1 is 1.38 bits per heavy atom. The van der Waals surface area contributed by atoms with Crippen LogP contribution in [-0.4, -0.2) is 12.2 Å². The number of benzene rings is 1. The number of halogens is 1. The Kier molecular flexibility index (Phi) is 3.26. The van der Waals surface area contributed by atoms with Gasteiger partial charge in [0.25, 0.3) is 0 Å². The topological polar surface area (TPSA) is 26.0 Å². The Morgan fingerprint density at radius 2 is 2.12 bits per heavy atom. The molecule has 16 heavy (non-hydrogen) atoms. The van der Waals surface area contributed by atoms with Gasteiger partial charge in [-0.25, -0.2) is 4.39 Å². The molecule has 1 aromatic carbocycles. The predicted molar refractivity (Wildman–Crippen MR) is 68.7 cm³/mol. The second kappa shape index (κ2) is 4.52. The first-order valence-electron chi connectivity index (χ1n) is 5.52. The van der Waals surface area contributed by atoms with Crippen LogP contribution in [0.15, 0.2) is 29.6 Å². The maximum Gasteiger partial charge on any atom is 0.127 e. The van der Waals surface area contributed by atoms with Crippen molar-refractivity contribution in [3.63, 3.8) is 0 Å². The van der Waals surface area contributed by atoms with Crippen molar-refractivity contribution >= 4 is 21.4 Å². The number of hydrogen-bond donors (Lipinski definition) is 1. The van der Waals surface area contributed by atoms with E-state index in [9.17, 15) is 4.39 Å². The smallest absolute Gasteiger partial charge is 0.127 e. The SMILES string of the molecule is CCC(F)(CN)Cc1csc2ccccc12. The van der Waals surface area contributed by atoms with Gasteiger partial charge in [0.15, 0.2) is 0 Å². The molecular formula is C13H16FNS. The molecule has 0 spiro atoms. The van der Waals surface area contributed by atoms with Gasteiger partial charge in [0.1, 0.15) is 5.67 Å². The van der Waals surface area contributed by atoms with Gasteiger partial charge < -0.3 is 5.73 Å². The van der Waals surface area contributed by atoms with Crippen molar-refractivity contribution in [1.82, 2.24) is 0 Å². The van der Waals surface area contributed by atoms with Gasteiger partial charge in [-0.1, -0.05) is 25.1 Å². The van der Waals surface area contributed by atoms with Crippen molar-refractivity contribution in [2.45, 2.75) is 25.4 Å². The number of thiophene rings is 1. The average molecular weight is 237 g/mol. The Hall–Kier alpha value is -0.930. The fourth-order valence-electron chi connectivity index (χ4n) is 1.85. The molecule has 1 unspecified atom stereocenters. The van der Waals surface area contributed by atoms with Crippen LogP contribution in [0.1, 0.15) is 18.9 Å². The summed E-state index contributed by atoms with van der Waals surface area (Å²) in [5, 5.41) is 3.21. The molecule has 0 aliphatic rings. The Morgan fingerprint density at radius 3 is 2.81 bits per heavy atom. The van der Waals surface area contributed by atoms with Crippen LogP contribution in [0.4, 0.5) is 4.39 Å². The summed E-state index contributed by atoms with van der Waals surface area (Å²) in [4.78, 5) is 0. The molecule has 1 nitrogen and oxygen atoms in total. The first-order chi connectivity index (χ1) is 7.68. The van der Waals surface area contributed by atoms with Crippen LogP contribution in [0, 0.1) is 0 Å². The molecule has 86 valence electrons. The lowest BCUT2D eigenvalue weighted by molar-refractivity contribution is 0.168. The van der Waals surface area contributed by atoms with Gasteiger partial charge in [-0.3, -0.25) is 0 Å². The van der Waals surface area contributed by atoms with E-state index >= 15 is 0 Å². The molecule has 0 aliphatic heterocycles. The zero-order valence-corrected chi connectivity index (χ0v) is 10.2. The number of nitrogens with two attached hydrogens (primary N) is 1. The van der Waals surface area contributed by atoms with Crippen LogP contribution in [0.5, 0.6) is 0 Å². The molecule has 1 atom stereocenters. The third-order valence-corrected chi connectivity index (χ3v) is 4.08. The largest absolute Gasteiger partial charge is 0.328 e. The normalized spacial score (nSPS) is 15.2. The summed E-state index contributed by atoms with van der Waals surface area (Å²) < 4.78 is 15.4. The Bertz CT molecular complexity index is 473. The molecule has 3 heteroatoms. The molecule has 0 saturated heterocycles. The minimum atomic E-state index is -1.26. The number of alkyl halides is 1. The van der Waals surface area contributed by atoms with Gasteiger partial charge in [-0.2, -0.15) is 0 Å². The number of fused-ring (bicyclic) bond motifs is 1. The quantitative estimate of drug-likeness (QED) is 0.865. The summed E-state index contributed by atoms with van der Waals surface area (Å²) in [5.41, 5.74) is 5.33. The van der Waals surface area contributed by atoms with E-state index in [1.54, 1.807) is 11.3 Å². The van der Waals surface area contributed by atoms with E-state index in [1.807, 2.05) is 30.5 Å². The number of hydrogen-bond acceptors (Lipinski definition) is 2. The van der Waals surface area contributed by atoms with E-state index in [0.717, 1.165) is 10.9 Å². The number of rotatable bonds is 4.